The van der Waals surface area contributed by atoms with Gasteiger partial charge in [0, 0.05) is 49.9 Å². The van der Waals surface area contributed by atoms with Crippen LogP contribution in [-0.2, 0) is 4.79 Å². The van der Waals surface area contributed by atoms with Crippen molar-refractivity contribution in [1.29, 1.82) is 5.26 Å². The van der Waals surface area contributed by atoms with Crippen LogP contribution in [0.2, 0.25) is 0 Å². The van der Waals surface area contributed by atoms with E-state index in [4.69, 9.17) is 5.26 Å². The van der Waals surface area contributed by atoms with Crippen LogP contribution in [0.4, 0.5) is 17.2 Å². The summed E-state index contributed by atoms with van der Waals surface area (Å²) in [6.45, 7) is 7.81. The summed E-state index contributed by atoms with van der Waals surface area (Å²) in [4.78, 5) is 26.2. The second-order valence-electron chi connectivity index (χ2n) is 7.91. The number of carbonyl (C=O) groups excluding carboxylic acids is 1. The Kier molecular flexibility index (Phi) is 7.10. The van der Waals surface area contributed by atoms with Gasteiger partial charge in [0.2, 0.25) is 5.91 Å². The quantitative estimate of drug-likeness (QED) is 0.558. The van der Waals surface area contributed by atoms with E-state index in [0.717, 1.165) is 37.0 Å². The SMILES string of the molecule is Cc1cccc(N2CCN(c3nccnc3SCC(=O)Nc3cccc(C#N)c3)CC2)c1C. The van der Waals surface area contributed by atoms with Crippen LogP contribution in [0.1, 0.15) is 16.7 Å². The highest BCUT2D eigenvalue weighted by molar-refractivity contribution is 8.00. The molecule has 0 aliphatic carbocycles. The van der Waals surface area contributed by atoms with E-state index < -0.39 is 0 Å². The van der Waals surface area contributed by atoms with Gasteiger partial charge in [-0.2, -0.15) is 5.26 Å². The van der Waals surface area contributed by atoms with Gasteiger partial charge in [-0.1, -0.05) is 30.0 Å². The third-order valence-corrected chi connectivity index (χ3v) is 6.73. The third kappa shape index (κ3) is 5.44. The first kappa shape index (κ1) is 22.6. The van der Waals surface area contributed by atoms with Crippen molar-refractivity contribution in [3.8, 4) is 6.07 Å². The molecule has 0 bridgehead atoms. The molecule has 1 aromatic heterocycles. The zero-order valence-corrected chi connectivity index (χ0v) is 19.6. The van der Waals surface area contributed by atoms with Gasteiger partial charge >= 0.3 is 0 Å². The molecule has 0 unspecified atom stereocenters. The summed E-state index contributed by atoms with van der Waals surface area (Å²) in [5.74, 6) is 0.888. The zero-order valence-electron chi connectivity index (χ0n) is 18.8. The molecule has 2 aromatic carbocycles. The van der Waals surface area contributed by atoms with E-state index in [1.54, 1.807) is 36.7 Å². The molecule has 168 valence electrons. The summed E-state index contributed by atoms with van der Waals surface area (Å²) >= 11 is 1.37. The number of thioether (sulfide) groups is 1. The van der Waals surface area contributed by atoms with Crippen molar-refractivity contribution < 1.29 is 4.79 Å². The largest absolute Gasteiger partial charge is 0.368 e. The summed E-state index contributed by atoms with van der Waals surface area (Å²) in [5, 5.41) is 12.6. The van der Waals surface area contributed by atoms with Crippen molar-refractivity contribution in [3.05, 3.63) is 71.5 Å². The molecular formula is C25H26N6OS. The minimum absolute atomic E-state index is 0.147. The van der Waals surface area contributed by atoms with Crippen LogP contribution in [0.15, 0.2) is 59.9 Å². The highest BCUT2D eigenvalue weighted by atomic mass is 32.2. The number of aromatic nitrogens is 2. The minimum atomic E-state index is -0.147. The molecule has 3 aromatic rings. The fraction of sp³-hybridized carbons (Fsp3) is 0.280. The maximum Gasteiger partial charge on any atom is 0.234 e. The first-order chi connectivity index (χ1) is 16.0. The van der Waals surface area contributed by atoms with Crippen LogP contribution in [0.3, 0.4) is 0 Å². The van der Waals surface area contributed by atoms with E-state index in [1.807, 2.05) is 0 Å². The number of rotatable bonds is 6. The molecule has 1 fully saturated rings. The second-order valence-corrected chi connectivity index (χ2v) is 8.87. The predicted molar refractivity (Wildman–Crippen MR) is 133 cm³/mol. The van der Waals surface area contributed by atoms with Gasteiger partial charge < -0.3 is 15.1 Å². The standard InChI is InChI=1S/C25H26N6OS/c1-18-5-3-8-22(19(18)2)30-11-13-31(14-12-30)24-25(28-10-9-27-24)33-17-23(32)29-21-7-4-6-20(15-21)16-26/h3-10,15H,11-14,17H2,1-2H3,(H,29,32). The smallest absolute Gasteiger partial charge is 0.234 e. The van der Waals surface area contributed by atoms with Crippen molar-refractivity contribution in [2.75, 3.05) is 47.0 Å². The Morgan fingerprint density at radius 2 is 1.79 bits per heavy atom. The van der Waals surface area contributed by atoms with Gasteiger partial charge in [0.15, 0.2) is 5.82 Å². The third-order valence-electron chi connectivity index (χ3n) is 5.76. The van der Waals surface area contributed by atoms with Crippen LogP contribution in [0, 0.1) is 25.2 Å². The van der Waals surface area contributed by atoms with E-state index in [9.17, 15) is 4.79 Å². The van der Waals surface area contributed by atoms with Gasteiger partial charge in [0.1, 0.15) is 5.03 Å². The van der Waals surface area contributed by atoms with E-state index in [-0.39, 0.29) is 11.7 Å². The van der Waals surface area contributed by atoms with Crippen LogP contribution in [-0.4, -0.2) is 47.8 Å². The monoisotopic (exact) mass is 458 g/mol. The summed E-state index contributed by atoms with van der Waals surface area (Å²) in [6, 6.07) is 15.4. The molecule has 0 atom stereocenters. The van der Waals surface area contributed by atoms with Crippen LogP contribution in [0.25, 0.3) is 0 Å². The van der Waals surface area contributed by atoms with Gasteiger partial charge in [-0.15, -0.1) is 0 Å². The number of carbonyl (C=O) groups is 1. The zero-order chi connectivity index (χ0) is 23.2. The lowest BCUT2D eigenvalue weighted by molar-refractivity contribution is -0.113. The number of nitrogens with zero attached hydrogens (tertiary/aromatic N) is 5. The van der Waals surface area contributed by atoms with E-state index in [2.05, 4.69) is 63.2 Å². The molecule has 1 aliphatic rings. The normalized spacial score (nSPS) is 13.5. The Bertz CT molecular complexity index is 1180. The summed E-state index contributed by atoms with van der Waals surface area (Å²) in [5.41, 5.74) is 5.05. The molecule has 0 spiro atoms. The highest BCUT2D eigenvalue weighted by Gasteiger charge is 2.22. The van der Waals surface area contributed by atoms with Crippen molar-refractivity contribution >= 4 is 34.9 Å². The number of hydrogen-bond acceptors (Lipinski definition) is 7. The van der Waals surface area contributed by atoms with E-state index >= 15 is 0 Å². The summed E-state index contributed by atoms with van der Waals surface area (Å²) in [7, 11) is 0. The molecule has 1 aliphatic heterocycles. The topological polar surface area (TPSA) is 85.2 Å². The second kappa shape index (κ2) is 10.4. The first-order valence-corrected chi connectivity index (χ1v) is 11.8. The van der Waals surface area contributed by atoms with Crippen molar-refractivity contribution in [2.24, 2.45) is 0 Å². The Morgan fingerprint density at radius 1 is 1.06 bits per heavy atom. The molecule has 2 heterocycles. The van der Waals surface area contributed by atoms with Crippen molar-refractivity contribution in [3.63, 3.8) is 0 Å². The fourth-order valence-corrected chi connectivity index (χ4v) is 4.66. The summed E-state index contributed by atoms with van der Waals surface area (Å²) in [6.07, 6.45) is 3.36. The van der Waals surface area contributed by atoms with Crippen LogP contribution < -0.4 is 15.1 Å². The lowest BCUT2D eigenvalue weighted by atomic mass is 10.1. The van der Waals surface area contributed by atoms with E-state index in [1.165, 1.54) is 28.6 Å². The summed E-state index contributed by atoms with van der Waals surface area (Å²) < 4.78 is 0. The van der Waals surface area contributed by atoms with Gasteiger partial charge in [0.05, 0.1) is 17.4 Å². The van der Waals surface area contributed by atoms with Crippen molar-refractivity contribution in [2.45, 2.75) is 18.9 Å². The van der Waals surface area contributed by atoms with Gasteiger partial charge in [-0.3, -0.25) is 4.79 Å². The Hall–Kier alpha value is -3.57. The predicted octanol–water partition coefficient (Wildman–Crippen LogP) is 4.02. The fourth-order valence-electron chi connectivity index (χ4n) is 3.87. The number of aryl methyl sites for hydroxylation is 1. The highest BCUT2D eigenvalue weighted by Crippen LogP contribution is 2.29. The molecule has 0 radical (unpaired) electrons. The molecule has 4 rings (SSSR count). The number of nitrogens with one attached hydrogen (secondary N) is 1. The number of piperazine rings is 1. The molecule has 0 saturated carbocycles. The minimum Gasteiger partial charge on any atom is -0.368 e. The molecule has 1 amide bonds. The lowest BCUT2D eigenvalue weighted by Crippen LogP contribution is -2.47. The maximum absolute atomic E-state index is 12.4. The Balaban J connectivity index is 1.37. The maximum atomic E-state index is 12.4. The average molecular weight is 459 g/mol. The van der Waals surface area contributed by atoms with Gasteiger partial charge in [0.25, 0.3) is 0 Å². The first-order valence-electron chi connectivity index (χ1n) is 10.8. The number of nitriles is 1. The molecule has 8 heteroatoms. The Labute approximate surface area is 198 Å². The number of amides is 1. The lowest BCUT2D eigenvalue weighted by Gasteiger charge is -2.37. The molecule has 1 saturated heterocycles. The van der Waals surface area contributed by atoms with Gasteiger partial charge in [-0.05, 0) is 49.2 Å². The average Bonchev–Trinajstić information content (AvgIpc) is 2.85. The van der Waals surface area contributed by atoms with Gasteiger partial charge in [-0.25, -0.2) is 9.97 Å². The van der Waals surface area contributed by atoms with Crippen molar-refractivity contribution in [1.82, 2.24) is 9.97 Å². The number of benzene rings is 2. The molecular weight excluding hydrogens is 432 g/mol. The number of anilines is 3. The molecule has 7 nitrogen and oxygen atoms in total. The molecule has 1 N–H and O–H groups in total. The number of hydrogen-bond donors (Lipinski definition) is 1. The molecule has 33 heavy (non-hydrogen) atoms. The van der Waals surface area contributed by atoms with Crippen LogP contribution in [0.5, 0.6) is 0 Å². The Morgan fingerprint density at radius 3 is 2.58 bits per heavy atom. The van der Waals surface area contributed by atoms with Crippen LogP contribution >= 0.6 is 11.8 Å². The van der Waals surface area contributed by atoms with E-state index in [0.29, 0.717) is 11.3 Å².